The standard InChI is InChI=1S/C19H13FN4O2S2/c1-11-9-15(25)17(23-24(11)14-6-3-2-5-12(14)20)18(26)22-19-21-13(10-28-19)16-7-4-8-27-16/h2-10H,1H3,(H,21,22,26). The van der Waals surface area contributed by atoms with E-state index in [-0.39, 0.29) is 11.4 Å². The molecule has 140 valence electrons. The molecule has 6 nitrogen and oxygen atoms in total. The van der Waals surface area contributed by atoms with Crippen LogP contribution in [-0.4, -0.2) is 20.7 Å². The summed E-state index contributed by atoms with van der Waals surface area (Å²) in [5.41, 5.74) is 0.444. The van der Waals surface area contributed by atoms with Gasteiger partial charge in [-0.3, -0.25) is 14.9 Å². The lowest BCUT2D eigenvalue weighted by molar-refractivity contribution is 0.101. The smallest absolute Gasteiger partial charge is 0.281 e. The fourth-order valence-corrected chi connectivity index (χ4v) is 4.06. The molecule has 0 bridgehead atoms. The third-order valence-electron chi connectivity index (χ3n) is 3.90. The molecule has 0 saturated heterocycles. The van der Waals surface area contributed by atoms with E-state index < -0.39 is 17.2 Å². The summed E-state index contributed by atoms with van der Waals surface area (Å²) in [7, 11) is 0. The van der Waals surface area contributed by atoms with Crippen LogP contribution in [0.15, 0.2) is 58.0 Å². The number of aryl methyl sites for hydroxylation is 1. The number of thiazole rings is 1. The highest BCUT2D eigenvalue weighted by Crippen LogP contribution is 2.28. The molecule has 28 heavy (non-hydrogen) atoms. The number of carbonyl (C=O) groups is 1. The van der Waals surface area contributed by atoms with Gasteiger partial charge in [-0.15, -0.1) is 22.7 Å². The molecule has 0 aliphatic heterocycles. The number of amides is 1. The van der Waals surface area contributed by atoms with Gasteiger partial charge in [0.2, 0.25) is 5.43 Å². The summed E-state index contributed by atoms with van der Waals surface area (Å²) < 4.78 is 15.4. The van der Waals surface area contributed by atoms with Crippen molar-refractivity contribution in [3.8, 4) is 16.3 Å². The summed E-state index contributed by atoms with van der Waals surface area (Å²) in [5.74, 6) is -1.20. The van der Waals surface area contributed by atoms with Gasteiger partial charge in [-0.05, 0) is 30.5 Å². The quantitative estimate of drug-likeness (QED) is 0.547. The van der Waals surface area contributed by atoms with Crippen molar-refractivity contribution in [3.05, 3.63) is 80.7 Å². The summed E-state index contributed by atoms with van der Waals surface area (Å²) in [6.07, 6.45) is 0. The molecule has 1 N–H and O–H groups in total. The van der Waals surface area contributed by atoms with Crippen molar-refractivity contribution in [3.63, 3.8) is 0 Å². The zero-order chi connectivity index (χ0) is 19.7. The average Bonchev–Trinajstić information content (AvgIpc) is 3.34. The molecule has 3 heterocycles. The number of hydrogen-bond acceptors (Lipinski definition) is 6. The Morgan fingerprint density at radius 1 is 1.18 bits per heavy atom. The minimum Gasteiger partial charge on any atom is -0.296 e. The molecule has 3 aromatic heterocycles. The summed E-state index contributed by atoms with van der Waals surface area (Å²) >= 11 is 2.79. The highest BCUT2D eigenvalue weighted by molar-refractivity contribution is 7.16. The van der Waals surface area contributed by atoms with Crippen molar-refractivity contribution >= 4 is 33.7 Å². The maximum atomic E-state index is 14.1. The largest absolute Gasteiger partial charge is 0.296 e. The number of carbonyl (C=O) groups excluding carboxylic acids is 1. The van der Waals surface area contributed by atoms with Crippen molar-refractivity contribution in [2.75, 3.05) is 5.32 Å². The number of nitrogens with zero attached hydrogens (tertiary/aromatic N) is 3. The van der Waals surface area contributed by atoms with E-state index in [2.05, 4.69) is 15.4 Å². The highest BCUT2D eigenvalue weighted by Gasteiger charge is 2.18. The topological polar surface area (TPSA) is 76.9 Å². The van der Waals surface area contributed by atoms with Crippen LogP contribution in [0.2, 0.25) is 0 Å². The second-order valence-electron chi connectivity index (χ2n) is 5.83. The average molecular weight is 412 g/mol. The number of aromatic nitrogens is 3. The molecular formula is C19H13FN4O2S2. The van der Waals surface area contributed by atoms with Gasteiger partial charge in [-0.2, -0.15) is 5.10 Å². The summed E-state index contributed by atoms with van der Waals surface area (Å²) in [6.45, 7) is 1.62. The molecule has 4 aromatic rings. The maximum absolute atomic E-state index is 14.1. The first-order valence-corrected chi connectivity index (χ1v) is 9.95. The molecule has 0 aliphatic rings. The highest BCUT2D eigenvalue weighted by atomic mass is 32.1. The number of thiophene rings is 1. The number of nitrogens with one attached hydrogen (secondary N) is 1. The minimum absolute atomic E-state index is 0.156. The number of para-hydroxylation sites is 1. The monoisotopic (exact) mass is 412 g/mol. The van der Waals surface area contributed by atoms with Crippen LogP contribution in [0.5, 0.6) is 0 Å². The number of anilines is 1. The van der Waals surface area contributed by atoms with Gasteiger partial charge in [0.25, 0.3) is 5.91 Å². The van der Waals surface area contributed by atoms with Crippen LogP contribution in [0.25, 0.3) is 16.3 Å². The van der Waals surface area contributed by atoms with E-state index in [1.54, 1.807) is 19.1 Å². The molecule has 0 unspecified atom stereocenters. The number of rotatable bonds is 4. The molecule has 4 rings (SSSR count). The first-order valence-electron chi connectivity index (χ1n) is 8.19. The third kappa shape index (κ3) is 3.49. The van der Waals surface area contributed by atoms with Crippen molar-refractivity contribution in [1.29, 1.82) is 0 Å². The van der Waals surface area contributed by atoms with Crippen LogP contribution in [0.1, 0.15) is 16.2 Å². The van der Waals surface area contributed by atoms with Crippen molar-refractivity contribution in [1.82, 2.24) is 14.8 Å². The first kappa shape index (κ1) is 18.2. The van der Waals surface area contributed by atoms with E-state index in [0.29, 0.717) is 10.8 Å². The molecule has 0 radical (unpaired) electrons. The summed E-state index contributed by atoms with van der Waals surface area (Å²) in [5, 5.41) is 10.8. The van der Waals surface area contributed by atoms with Crippen LogP contribution < -0.4 is 10.7 Å². The van der Waals surface area contributed by atoms with Gasteiger partial charge in [0.1, 0.15) is 11.5 Å². The van der Waals surface area contributed by atoms with E-state index in [1.165, 1.54) is 45.6 Å². The van der Waals surface area contributed by atoms with Gasteiger partial charge >= 0.3 is 0 Å². The van der Waals surface area contributed by atoms with Crippen LogP contribution in [-0.2, 0) is 0 Å². The lowest BCUT2D eigenvalue weighted by atomic mass is 10.2. The van der Waals surface area contributed by atoms with Gasteiger partial charge in [0.05, 0.1) is 10.6 Å². The molecule has 1 amide bonds. The summed E-state index contributed by atoms with van der Waals surface area (Å²) in [4.78, 5) is 30.2. The predicted molar refractivity (Wildman–Crippen MR) is 108 cm³/mol. The fraction of sp³-hybridized carbons (Fsp3) is 0.0526. The van der Waals surface area contributed by atoms with Crippen LogP contribution in [0.4, 0.5) is 9.52 Å². The van der Waals surface area contributed by atoms with Crippen LogP contribution in [0.3, 0.4) is 0 Å². The molecule has 0 spiro atoms. The Labute approximate surface area is 166 Å². The van der Waals surface area contributed by atoms with Crippen molar-refractivity contribution in [2.24, 2.45) is 0 Å². The molecule has 0 aliphatic carbocycles. The van der Waals surface area contributed by atoms with Gasteiger partial charge in [-0.25, -0.2) is 14.1 Å². The second-order valence-corrected chi connectivity index (χ2v) is 7.64. The van der Waals surface area contributed by atoms with E-state index in [4.69, 9.17) is 0 Å². The molecule has 9 heteroatoms. The third-order valence-corrected chi connectivity index (χ3v) is 5.55. The van der Waals surface area contributed by atoms with Gasteiger partial charge in [0.15, 0.2) is 10.8 Å². The zero-order valence-electron chi connectivity index (χ0n) is 14.5. The van der Waals surface area contributed by atoms with Gasteiger partial charge in [0, 0.05) is 17.1 Å². The van der Waals surface area contributed by atoms with Crippen LogP contribution in [0, 0.1) is 12.7 Å². The Morgan fingerprint density at radius 2 is 2.00 bits per heavy atom. The first-order chi connectivity index (χ1) is 13.5. The Balaban J connectivity index is 1.65. The van der Waals surface area contributed by atoms with Gasteiger partial charge < -0.3 is 0 Å². The molecule has 0 fully saturated rings. The van der Waals surface area contributed by atoms with E-state index in [9.17, 15) is 14.0 Å². The molecule has 0 saturated carbocycles. The van der Waals surface area contributed by atoms with Crippen molar-refractivity contribution < 1.29 is 9.18 Å². The number of hydrogen-bond donors (Lipinski definition) is 1. The number of benzene rings is 1. The minimum atomic E-state index is -0.692. The van der Waals surface area contributed by atoms with E-state index in [1.807, 2.05) is 22.9 Å². The molecular weight excluding hydrogens is 399 g/mol. The second kappa shape index (κ2) is 7.45. The Bertz CT molecular complexity index is 1210. The van der Waals surface area contributed by atoms with E-state index in [0.717, 1.165) is 10.6 Å². The normalized spacial score (nSPS) is 10.8. The Hall–Kier alpha value is -3.17. The molecule has 1 aromatic carbocycles. The lowest BCUT2D eigenvalue weighted by Gasteiger charge is -2.11. The SMILES string of the molecule is Cc1cc(=O)c(C(=O)Nc2nc(-c3cccs3)cs2)nn1-c1ccccc1F. The van der Waals surface area contributed by atoms with E-state index >= 15 is 0 Å². The van der Waals surface area contributed by atoms with Crippen molar-refractivity contribution in [2.45, 2.75) is 6.92 Å². The zero-order valence-corrected chi connectivity index (χ0v) is 16.2. The fourth-order valence-electron chi connectivity index (χ4n) is 2.60. The Kier molecular flexibility index (Phi) is 4.84. The van der Waals surface area contributed by atoms with Gasteiger partial charge in [-0.1, -0.05) is 18.2 Å². The Morgan fingerprint density at radius 3 is 2.75 bits per heavy atom. The molecule has 0 atom stereocenters. The summed E-state index contributed by atoms with van der Waals surface area (Å²) in [6, 6.07) is 11.1. The maximum Gasteiger partial charge on any atom is 0.281 e. The number of halogens is 1. The van der Waals surface area contributed by atoms with Crippen LogP contribution >= 0.6 is 22.7 Å². The lowest BCUT2D eigenvalue weighted by Crippen LogP contribution is -2.27. The predicted octanol–water partition coefficient (Wildman–Crippen LogP) is 4.12.